The molecule has 3 rings (SSSR count). The molecule has 0 aliphatic heterocycles. The second-order valence-electron chi connectivity index (χ2n) is 5.35. The molecule has 0 atom stereocenters. The highest BCUT2D eigenvalue weighted by molar-refractivity contribution is 7.07. The third-order valence-corrected chi connectivity index (χ3v) is 4.36. The Morgan fingerprint density at radius 3 is 2.75 bits per heavy atom. The number of halogens is 1. The van der Waals surface area contributed by atoms with E-state index >= 15 is 0 Å². The van der Waals surface area contributed by atoms with Gasteiger partial charge < -0.3 is 10.6 Å². The lowest BCUT2D eigenvalue weighted by Crippen LogP contribution is -2.25. The van der Waals surface area contributed by atoms with E-state index in [0.29, 0.717) is 12.6 Å². The van der Waals surface area contributed by atoms with Crippen molar-refractivity contribution in [1.82, 2.24) is 0 Å². The molecule has 0 unspecified atom stereocenters. The zero-order valence-corrected chi connectivity index (χ0v) is 12.2. The zero-order valence-electron chi connectivity index (χ0n) is 11.4. The highest BCUT2D eigenvalue weighted by atomic mass is 32.1. The molecular weight excluding hydrogens is 271 g/mol. The predicted molar refractivity (Wildman–Crippen MR) is 82.7 cm³/mol. The van der Waals surface area contributed by atoms with Gasteiger partial charge in [0.05, 0.1) is 0 Å². The van der Waals surface area contributed by atoms with Crippen molar-refractivity contribution in [1.29, 1.82) is 0 Å². The average molecular weight is 290 g/mol. The van der Waals surface area contributed by atoms with Gasteiger partial charge in [0, 0.05) is 18.3 Å². The van der Waals surface area contributed by atoms with Gasteiger partial charge in [-0.1, -0.05) is 0 Å². The Bertz CT molecular complexity index is 564. The van der Waals surface area contributed by atoms with Crippen LogP contribution >= 0.6 is 11.3 Å². The molecule has 2 aromatic rings. The van der Waals surface area contributed by atoms with E-state index in [1.165, 1.54) is 18.4 Å². The zero-order chi connectivity index (χ0) is 13.9. The van der Waals surface area contributed by atoms with E-state index < -0.39 is 0 Å². The van der Waals surface area contributed by atoms with Crippen LogP contribution in [0.4, 0.5) is 10.1 Å². The van der Waals surface area contributed by atoms with Crippen molar-refractivity contribution in [2.75, 3.05) is 11.4 Å². The fourth-order valence-electron chi connectivity index (χ4n) is 2.51. The van der Waals surface area contributed by atoms with Crippen LogP contribution < -0.4 is 10.6 Å². The molecule has 1 fully saturated rings. The quantitative estimate of drug-likeness (QED) is 0.881. The third-order valence-electron chi connectivity index (χ3n) is 3.63. The maximum atomic E-state index is 13.8. The van der Waals surface area contributed by atoms with Gasteiger partial charge in [0.1, 0.15) is 5.82 Å². The number of hydrogen-bond acceptors (Lipinski definition) is 3. The van der Waals surface area contributed by atoms with Crippen molar-refractivity contribution in [3.05, 3.63) is 52.0 Å². The lowest BCUT2D eigenvalue weighted by Gasteiger charge is -2.25. The van der Waals surface area contributed by atoms with Crippen molar-refractivity contribution in [2.45, 2.75) is 31.8 Å². The SMILES string of the molecule is NCCc1cc(F)cc(N(Cc2ccsc2)C2CC2)c1. The van der Waals surface area contributed by atoms with Crippen LogP contribution in [0.5, 0.6) is 0 Å². The molecule has 2 N–H and O–H groups in total. The second kappa shape index (κ2) is 5.94. The van der Waals surface area contributed by atoms with Crippen molar-refractivity contribution in [3.63, 3.8) is 0 Å². The van der Waals surface area contributed by atoms with Gasteiger partial charge in [-0.25, -0.2) is 4.39 Å². The fraction of sp³-hybridized carbons (Fsp3) is 0.375. The van der Waals surface area contributed by atoms with E-state index in [-0.39, 0.29) is 5.82 Å². The smallest absolute Gasteiger partial charge is 0.125 e. The largest absolute Gasteiger partial charge is 0.364 e. The molecule has 1 aliphatic carbocycles. The molecule has 1 aromatic heterocycles. The van der Waals surface area contributed by atoms with E-state index in [1.54, 1.807) is 23.5 Å². The van der Waals surface area contributed by atoms with Crippen LogP contribution in [-0.2, 0) is 13.0 Å². The standard InChI is InChI=1S/C16H19FN2S/c17-14-7-12(3-5-18)8-16(9-14)19(15-1-2-15)10-13-4-6-20-11-13/h4,6-9,11,15H,1-3,5,10,18H2. The molecule has 0 amide bonds. The topological polar surface area (TPSA) is 29.3 Å². The summed E-state index contributed by atoms with van der Waals surface area (Å²) in [5, 5.41) is 4.25. The summed E-state index contributed by atoms with van der Waals surface area (Å²) in [4.78, 5) is 2.32. The Labute approximate surface area is 123 Å². The monoisotopic (exact) mass is 290 g/mol. The van der Waals surface area contributed by atoms with Gasteiger partial charge in [-0.05, 0) is 72.0 Å². The molecule has 4 heteroatoms. The second-order valence-corrected chi connectivity index (χ2v) is 6.13. The molecule has 1 heterocycles. The van der Waals surface area contributed by atoms with E-state index in [4.69, 9.17) is 5.73 Å². The van der Waals surface area contributed by atoms with Crippen LogP contribution in [0.3, 0.4) is 0 Å². The predicted octanol–water partition coefficient (Wildman–Crippen LogP) is 3.56. The van der Waals surface area contributed by atoms with Crippen LogP contribution in [0.25, 0.3) is 0 Å². The molecule has 0 radical (unpaired) electrons. The maximum absolute atomic E-state index is 13.8. The number of anilines is 1. The maximum Gasteiger partial charge on any atom is 0.125 e. The summed E-state index contributed by atoms with van der Waals surface area (Å²) < 4.78 is 13.8. The molecule has 1 saturated carbocycles. The first-order valence-corrected chi connectivity index (χ1v) is 7.98. The van der Waals surface area contributed by atoms with Gasteiger partial charge in [0.15, 0.2) is 0 Å². The minimum Gasteiger partial charge on any atom is -0.364 e. The number of rotatable bonds is 6. The first kappa shape index (κ1) is 13.6. The van der Waals surface area contributed by atoms with Crippen LogP contribution in [0, 0.1) is 5.82 Å². The molecule has 20 heavy (non-hydrogen) atoms. The van der Waals surface area contributed by atoms with Gasteiger partial charge in [0.25, 0.3) is 0 Å². The van der Waals surface area contributed by atoms with E-state index in [0.717, 1.165) is 24.2 Å². The molecule has 0 spiro atoms. The summed E-state index contributed by atoms with van der Waals surface area (Å²) in [6.07, 6.45) is 3.13. The molecular formula is C16H19FN2S. The number of thiophene rings is 1. The minimum atomic E-state index is -0.165. The minimum absolute atomic E-state index is 0.165. The molecule has 1 aliphatic rings. The molecule has 0 saturated heterocycles. The number of nitrogens with zero attached hydrogens (tertiary/aromatic N) is 1. The van der Waals surface area contributed by atoms with Crippen molar-refractivity contribution >= 4 is 17.0 Å². The van der Waals surface area contributed by atoms with Gasteiger partial charge in [-0.3, -0.25) is 0 Å². The van der Waals surface area contributed by atoms with Gasteiger partial charge in [-0.2, -0.15) is 11.3 Å². The van der Waals surface area contributed by atoms with Crippen molar-refractivity contribution < 1.29 is 4.39 Å². The van der Waals surface area contributed by atoms with E-state index in [2.05, 4.69) is 27.8 Å². The normalized spacial score (nSPS) is 14.5. The van der Waals surface area contributed by atoms with Crippen molar-refractivity contribution in [2.24, 2.45) is 5.73 Å². The van der Waals surface area contributed by atoms with Gasteiger partial charge in [0.2, 0.25) is 0 Å². The van der Waals surface area contributed by atoms with Crippen LogP contribution in [0.15, 0.2) is 35.0 Å². The summed E-state index contributed by atoms with van der Waals surface area (Å²) in [6, 6.07) is 8.01. The Kier molecular flexibility index (Phi) is 4.03. The van der Waals surface area contributed by atoms with Crippen LogP contribution in [-0.4, -0.2) is 12.6 Å². The van der Waals surface area contributed by atoms with Crippen molar-refractivity contribution in [3.8, 4) is 0 Å². The molecule has 106 valence electrons. The Hall–Kier alpha value is -1.39. The number of hydrogen-bond donors (Lipinski definition) is 1. The lowest BCUT2D eigenvalue weighted by atomic mass is 10.1. The number of nitrogens with two attached hydrogens (primary N) is 1. The molecule has 2 nitrogen and oxygen atoms in total. The Morgan fingerprint density at radius 1 is 1.25 bits per heavy atom. The van der Waals surface area contributed by atoms with E-state index in [9.17, 15) is 4.39 Å². The average Bonchev–Trinajstić information content (AvgIpc) is 3.12. The highest BCUT2D eigenvalue weighted by Crippen LogP contribution is 2.34. The summed E-state index contributed by atoms with van der Waals surface area (Å²) in [7, 11) is 0. The lowest BCUT2D eigenvalue weighted by molar-refractivity contribution is 0.623. The summed E-state index contributed by atoms with van der Waals surface area (Å²) in [5.74, 6) is -0.165. The van der Waals surface area contributed by atoms with Crippen LogP contribution in [0.2, 0.25) is 0 Å². The fourth-order valence-corrected chi connectivity index (χ4v) is 3.17. The highest BCUT2D eigenvalue weighted by Gasteiger charge is 2.29. The Morgan fingerprint density at radius 2 is 2.10 bits per heavy atom. The van der Waals surface area contributed by atoms with Gasteiger partial charge in [-0.15, -0.1) is 0 Å². The summed E-state index contributed by atoms with van der Waals surface area (Å²) in [5.41, 5.74) is 8.85. The summed E-state index contributed by atoms with van der Waals surface area (Å²) >= 11 is 1.71. The Balaban J connectivity index is 1.86. The first-order chi connectivity index (χ1) is 9.76. The summed E-state index contributed by atoms with van der Waals surface area (Å²) in [6.45, 7) is 1.41. The third kappa shape index (κ3) is 3.19. The van der Waals surface area contributed by atoms with Gasteiger partial charge >= 0.3 is 0 Å². The molecule has 0 bridgehead atoms. The van der Waals surface area contributed by atoms with Crippen LogP contribution in [0.1, 0.15) is 24.0 Å². The first-order valence-electron chi connectivity index (χ1n) is 7.03. The number of benzene rings is 1. The van der Waals surface area contributed by atoms with E-state index in [1.807, 2.05) is 0 Å². The molecule has 1 aromatic carbocycles.